The molecule has 0 aliphatic rings. The van der Waals surface area contributed by atoms with Crippen molar-refractivity contribution < 1.29 is 0 Å². The fraction of sp³-hybridized carbons (Fsp3) is 0.0667. The van der Waals surface area contributed by atoms with Gasteiger partial charge in [-0.15, -0.1) is 0 Å². The second-order valence-electron chi connectivity index (χ2n) is 4.53. The van der Waals surface area contributed by atoms with E-state index in [1.54, 1.807) is 10.9 Å². The number of tetrazole rings is 1. The summed E-state index contributed by atoms with van der Waals surface area (Å²) in [6, 6.07) is 17.7. The van der Waals surface area contributed by atoms with Crippen molar-refractivity contribution in [3.05, 3.63) is 65.7 Å². The molecule has 0 aliphatic heterocycles. The van der Waals surface area contributed by atoms with Gasteiger partial charge in [-0.2, -0.15) is 9.78 Å². The zero-order valence-corrected chi connectivity index (χ0v) is 11.5. The third-order valence-electron chi connectivity index (χ3n) is 2.93. The second kappa shape index (κ2) is 5.96. The van der Waals surface area contributed by atoms with Gasteiger partial charge in [0.05, 0.1) is 11.9 Å². The van der Waals surface area contributed by atoms with E-state index in [1.807, 2.05) is 61.5 Å². The minimum atomic E-state index is 0.463. The monoisotopic (exact) mass is 278 g/mol. The lowest BCUT2D eigenvalue weighted by molar-refractivity contribution is 0.790. The third-order valence-corrected chi connectivity index (χ3v) is 2.93. The highest BCUT2D eigenvalue weighted by atomic mass is 15.6. The highest BCUT2D eigenvalue weighted by molar-refractivity contribution is 5.80. The van der Waals surface area contributed by atoms with Crippen molar-refractivity contribution in [2.75, 3.05) is 5.43 Å². The van der Waals surface area contributed by atoms with Gasteiger partial charge in [0.15, 0.2) is 0 Å². The molecule has 2 aromatic carbocycles. The van der Waals surface area contributed by atoms with E-state index < -0.39 is 0 Å². The molecule has 0 atom stereocenters. The SMILES string of the molecule is Cc1ccc(C=NNc2nnnn2-c2ccccc2)cc1. The quantitative estimate of drug-likeness (QED) is 0.588. The molecule has 6 heteroatoms. The molecule has 0 radical (unpaired) electrons. The first-order valence-corrected chi connectivity index (χ1v) is 6.52. The summed E-state index contributed by atoms with van der Waals surface area (Å²) in [5.74, 6) is 0.463. The number of nitrogens with zero attached hydrogens (tertiary/aromatic N) is 5. The number of hydrazone groups is 1. The molecule has 0 bridgehead atoms. The van der Waals surface area contributed by atoms with Gasteiger partial charge in [-0.05, 0) is 35.0 Å². The fourth-order valence-corrected chi connectivity index (χ4v) is 1.82. The Balaban J connectivity index is 1.75. The zero-order chi connectivity index (χ0) is 14.5. The number of rotatable bonds is 4. The van der Waals surface area contributed by atoms with E-state index in [0.29, 0.717) is 5.95 Å². The summed E-state index contributed by atoms with van der Waals surface area (Å²) in [5, 5.41) is 15.7. The molecule has 0 saturated carbocycles. The van der Waals surface area contributed by atoms with Crippen LogP contribution in [0.2, 0.25) is 0 Å². The van der Waals surface area contributed by atoms with E-state index in [1.165, 1.54) is 5.56 Å². The van der Waals surface area contributed by atoms with Crippen molar-refractivity contribution in [3.63, 3.8) is 0 Å². The first-order chi connectivity index (χ1) is 10.3. The van der Waals surface area contributed by atoms with Crippen LogP contribution >= 0.6 is 0 Å². The van der Waals surface area contributed by atoms with Crippen LogP contribution in [0, 0.1) is 6.92 Å². The van der Waals surface area contributed by atoms with Crippen LogP contribution in [0.4, 0.5) is 5.95 Å². The number of aromatic nitrogens is 4. The van der Waals surface area contributed by atoms with Crippen molar-refractivity contribution in [1.29, 1.82) is 0 Å². The van der Waals surface area contributed by atoms with Crippen LogP contribution in [-0.4, -0.2) is 26.4 Å². The van der Waals surface area contributed by atoms with Gasteiger partial charge in [-0.1, -0.05) is 53.1 Å². The smallest absolute Gasteiger partial charge is 0.244 e. The van der Waals surface area contributed by atoms with Gasteiger partial charge < -0.3 is 0 Å². The van der Waals surface area contributed by atoms with Crippen LogP contribution in [0.15, 0.2) is 59.7 Å². The Bertz CT molecular complexity index is 730. The molecule has 1 aromatic heterocycles. The Morgan fingerprint density at radius 3 is 2.57 bits per heavy atom. The number of hydrogen-bond donors (Lipinski definition) is 1. The van der Waals surface area contributed by atoms with Crippen LogP contribution in [0.3, 0.4) is 0 Å². The lowest BCUT2D eigenvalue weighted by Crippen LogP contribution is -2.03. The Morgan fingerprint density at radius 2 is 1.81 bits per heavy atom. The molecule has 0 aliphatic carbocycles. The van der Waals surface area contributed by atoms with Crippen LogP contribution < -0.4 is 5.43 Å². The van der Waals surface area contributed by atoms with Crippen LogP contribution in [0.25, 0.3) is 5.69 Å². The minimum Gasteiger partial charge on any atom is -0.244 e. The molecule has 1 N–H and O–H groups in total. The van der Waals surface area contributed by atoms with Gasteiger partial charge in [-0.25, -0.2) is 5.43 Å². The van der Waals surface area contributed by atoms with E-state index in [0.717, 1.165) is 11.3 Å². The number of hydrogen-bond acceptors (Lipinski definition) is 5. The molecule has 3 aromatic rings. The van der Waals surface area contributed by atoms with E-state index >= 15 is 0 Å². The summed E-state index contributed by atoms with van der Waals surface area (Å²) in [4.78, 5) is 0. The average Bonchev–Trinajstić information content (AvgIpc) is 2.99. The molecule has 104 valence electrons. The van der Waals surface area contributed by atoms with Gasteiger partial charge in [-0.3, -0.25) is 0 Å². The molecule has 0 fully saturated rings. The number of anilines is 1. The molecule has 3 rings (SSSR count). The molecule has 6 nitrogen and oxygen atoms in total. The predicted octanol–water partition coefficient (Wildman–Crippen LogP) is 2.42. The number of para-hydroxylation sites is 1. The Hall–Kier alpha value is -3.02. The van der Waals surface area contributed by atoms with E-state index in [2.05, 4.69) is 26.1 Å². The van der Waals surface area contributed by atoms with Crippen molar-refractivity contribution in [2.45, 2.75) is 6.92 Å². The standard InChI is InChI=1S/C15H14N6/c1-12-7-9-13(10-8-12)11-16-17-15-18-19-20-21(15)14-5-3-2-4-6-14/h2-11H,1H3,(H,17,18,20). The zero-order valence-electron chi connectivity index (χ0n) is 11.5. The number of aryl methyl sites for hydroxylation is 1. The number of benzene rings is 2. The maximum atomic E-state index is 4.16. The molecule has 0 unspecified atom stereocenters. The molecule has 0 amide bonds. The average molecular weight is 278 g/mol. The topological polar surface area (TPSA) is 68.0 Å². The normalized spacial score (nSPS) is 10.9. The lowest BCUT2D eigenvalue weighted by Gasteiger charge is -2.02. The highest BCUT2D eigenvalue weighted by Crippen LogP contribution is 2.10. The van der Waals surface area contributed by atoms with Gasteiger partial charge >= 0.3 is 0 Å². The van der Waals surface area contributed by atoms with Gasteiger partial charge in [0.1, 0.15) is 0 Å². The molecular formula is C15H14N6. The van der Waals surface area contributed by atoms with Crippen molar-refractivity contribution >= 4 is 12.2 Å². The van der Waals surface area contributed by atoms with E-state index in [-0.39, 0.29) is 0 Å². The van der Waals surface area contributed by atoms with E-state index in [9.17, 15) is 0 Å². The Labute approximate surface area is 122 Å². The van der Waals surface area contributed by atoms with Crippen LogP contribution in [0.1, 0.15) is 11.1 Å². The van der Waals surface area contributed by atoms with Gasteiger partial charge in [0.25, 0.3) is 5.95 Å². The second-order valence-corrected chi connectivity index (χ2v) is 4.53. The van der Waals surface area contributed by atoms with Crippen LogP contribution in [0.5, 0.6) is 0 Å². The first kappa shape index (κ1) is 13.0. The van der Waals surface area contributed by atoms with Crippen molar-refractivity contribution in [2.24, 2.45) is 5.10 Å². The Morgan fingerprint density at radius 1 is 1.05 bits per heavy atom. The minimum absolute atomic E-state index is 0.463. The highest BCUT2D eigenvalue weighted by Gasteiger charge is 2.05. The summed E-state index contributed by atoms with van der Waals surface area (Å²) in [7, 11) is 0. The largest absolute Gasteiger partial charge is 0.268 e. The first-order valence-electron chi connectivity index (χ1n) is 6.52. The summed E-state index contributed by atoms with van der Waals surface area (Å²) in [6.45, 7) is 2.05. The third kappa shape index (κ3) is 3.11. The fourth-order valence-electron chi connectivity index (χ4n) is 1.82. The van der Waals surface area contributed by atoms with E-state index in [4.69, 9.17) is 0 Å². The maximum Gasteiger partial charge on any atom is 0.268 e. The summed E-state index contributed by atoms with van der Waals surface area (Å²) >= 11 is 0. The predicted molar refractivity (Wildman–Crippen MR) is 81.5 cm³/mol. The van der Waals surface area contributed by atoms with Crippen molar-refractivity contribution in [3.8, 4) is 5.69 Å². The molecule has 0 saturated heterocycles. The Kier molecular flexibility index (Phi) is 3.68. The molecule has 21 heavy (non-hydrogen) atoms. The number of nitrogens with one attached hydrogen (secondary N) is 1. The lowest BCUT2D eigenvalue weighted by atomic mass is 10.2. The van der Waals surface area contributed by atoms with Gasteiger partial charge in [0.2, 0.25) is 0 Å². The molecule has 0 spiro atoms. The van der Waals surface area contributed by atoms with Gasteiger partial charge in [0, 0.05) is 0 Å². The van der Waals surface area contributed by atoms with Crippen molar-refractivity contribution in [1.82, 2.24) is 20.2 Å². The maximum absolute atomic E-state index is 4.16. The molecular weight excluding hydrogens is 264 g/mol. The van der Waals surface area contributed by atoms with Crippen LogP contribution in [-0.2, 0) is 0 Å². The summed E-state index contributed by atoms with van der Waals surface area (Å²) in [6.07, 6.45) is 1.73. The summed E-state index contributed by atoms with van der Waals surface area (Å²) in [5.41, 5.74) is 5.94. The molecule has 1 heterocycles. The summed E-state index contributed by atoms with van der Waals surface area (Å²) < 4.78 is 1.59.